The first kappa shape index (κ1) is 13.3. The van der Waals surface area contributed by atoms with Crippen molar-refractivity contribution in [2.75, 3.05) is 29.2 Å². The van der Waals surface area contributed by atoms with Gasteiger partial charge in [-0.15, -0.1) is 0 Å². The lowest BCUT2D eigenvalue weighted by Crippen LogP contribution is -2.38. The Morgan fingerprint density at radius 3 is 2.90 bits per heavy atom. The summed E-state index contributed by atoms with van der Waals surface area (Å²) in [5.74, 6) is -1.14. The van der Waals surface area contributed by atoms with Crippen LogP contribution in [-0.4, -0.2) is 46.8 Å². The van der Waals surface area contributed by atoms with Gasteiger partial charge in [0.25, 0.3) is 0 Å². The van der Waals surface area contributed by atoms with Gasteiger partial charge in [-0.1, -0.05) is 0 Å². The average Bonchev–Trinajstić information content (AvgIpc) is 2.93. The number of anilines is 3. The lowest BCUT2D eigenvalue weighted by Gasteiger charge is -2.25. The van der Waals surface area contributed by atoms with Crippen LogP contribution in [0.4, 0.5) is 26.0 Å². The number of nitrogens with two attached hydrogens (primary N) is 1. The molecule has 3 rings (SSSR count). The van der Waals surface area contributed by atoms with E-state index in [-0.39, 0.29) is 31.1 Å². The Morgan fingerprint density at radius 2 is 2.25 bits per heavy atom. The second kappa shape index (κ2) is 4.71. The largest absolute Gasteiger partial charge is 0.390 e. The maximum Gasteiger partial charge on any atom is 0.167 e. The van der Waals surface area contributed by atoms with E-state index in [1.165, 1.54) is 0 Å². The van der Waals surface area contributed by atoms with Crippen LogP contribution in [-0.2, 0) is 0 Å². The van der Waals surface area contributed by atoms with Gasteiger partial charge < -0.3 is 26.2 Å². The van der Waals surface area contributed by atoms with Crippen molar-refractivity contribution in [3.63, 3.8) is 0 Å². The molecule has 1 aromatic heterocycles. The minimum absolute atomic E-state index is 0.0963. The molecule has 4 atom stereocenters. The molecule has 1 saturated carbocycles. The van der Waals surface area contributed by atoms with Crippen LogP contribution in [0.25, 0.3) is 0 Å². The number of nitrogens with zero attached hydrogens (tertiary/aromatic N) is 2. The number of nitrogen functional groups attached to an aromatic ring is 1. The molecule has 110 valence electrons. The topological polar surface area (TPSA) is 94.6 Å². The Bertz CT molecular complexity index is 530. The van der Waals surface area contributed by atoms with Gasteiger partial charge in [0.15, 0.2) is 5.82 Å². The highest BCUT2D eigenvalue weighted by molar-refractivity contribution is 5.83. The van der Waals surface area contributed by atoms with E-state index < -0.39 is 30.1 Å². The second-order valence-electron chi connectivity index (χ2n) is 5.25. The van der Waals surface area contributed by atoms with E-state index in [1.54, 1.807) is 4.90 Å². The van der Waals surface area contributed by atoms with Crippen molar-refractivity contribution in [2.24, 2.45) is 5.92 Å². The summed E-state index contributed by atoms with van der Waals surface area (Å²) in [6.07, 6.45) is -2.61. The molecule has 5 N–H and O–H groups in total. The van der Waals surface area contributed by atoms with Crippen LogP contribution in [0.3, 0.4) is 0 Å². The third-order valence-electron chi connectivity index (χ3n) is 3.99. The highest BCUT2D eigenvalue weighted by Crippen LogP contribution is 2.39. The molecule has 2 aliphatic rings. The molecule has 0 amide bonds. The predicted molar refractivity (Wildman–Crippen MR) is 69.5 cm³/mol. The highest BCUT2D eigenvalue weighted by atomic mass is 19.1. The zero-order valence-corrected chi connectivity index (χ0v) is 10.6. The molecule has 0 saturated heterocycles. The quantitative estimate of drug-likeness (QED) is 0.615. The van der Waals surface area contributed by atoms with Crippen LogP contribution in [0.2, 0.25) is 0 Å². The Balaban J connectivity index is 1.84. The molecule has 2 heterocycles. The number of rotatable bonds is 2. The molecule has 1 aliphatic carbocycles. The first-order chi connectivity index (χ1) is 9.49. The SMILES string of the molecule is Nc1ncc(F)c2c1NCN2CC1C(F)CC(O)C1O. The van der Waals surface area contributed by atoms with Crippen molar-refractivity contribution in [2.45, 2.75) is 24.8 Å². The third-order valence-corrected chi connectivity index (χ3v) is 3.99. The number of hydrogen-bond acceptors (Lipinski definition) is 6. The number of pyridine rings is 1. The average molecular weight is 286 g/mol. The summed E-state index contributed by atoms with van der Waals surface area (Å²) in [6, 6.07) is 0. The predicted octanol–water partition coefficient (Wildman–Crippen LogP) is 0.0721. The van der Waals surface area contributed by atoms with Gasteiger partial charge in [-0.25, -0.2) is 13.8 Å². The molecule has 20 heavy (non-hydrogen) atoms. The fraction of sp³-hybridized carbons (Fsp3) is 0.583. The number of aliphatic hydroxyl groups excluding tert-OH is 2. The second-order valence-corrected chi connectivity index (χ2v) is 5.25. The number of aromatic nitrogens is 1. The number of nitrogens with one attached hydrogen (secondary N) is 1. The fourth-order valence-corrected chi connectivity index (χ4v) is 2.91. The lowest BCUT2D eigenvalue weighted by atomic mass is 10.0. The number of aliphatic hydroxyl groups is 2. The minimum Gasteiger partial charge on any atom is -0.390 e. The smallest absolute Gasteiger partial charge is 0.167 e. The van der Waals surface area contributed by atoms with Crippen LogP contribution < -0.4 is 16.0 Å². The molecule has 0 bridgehead atoms. The Hall–Kier alpha value is -1.67. The number of alkyl halides is 1. The number of halogens is 2. The Labute approximate surface area is 114 Å². The minimum atomic E-state index is -1.31. The van der Waals surface area contributed by atoms with Crippen molar-refractivity contribution < 1.29 is 19.0 Å². The normalized spacial score (nSPS) is 32.3. The van der Waals surface area contributed by atoms with Crippen LogP contribution in [0.1, 0.15) is 6.42 Å². The molecule has 6 nitrogen and oxygen atoms in total. The molecular weight excluding hydrogens is 270 g/mol. The van der Waals surface area contributed by atoms with Crippen molar-refractivity contribution in [1.82, 2.24) is 4.98 Å². The zero-order valence-electron chi connectivity index (χ0n) is 10.6. The third kappa shape index (κ3) is 1.95. The van der Waals surface area contributed by atoms with Crippen LogP contribution in [0.5, 0.6) is 0 Å². The van der Waals surface area contributed by atoms with Gasteiger partial charge in [-0.3, -0.25) is 0 Å². The summed E-state index contributed by atoms with van der Waals surface area (Å²) in [4.78, 5) is 5.28. The monoisotopic (exact) mass is 286 g/mol. The zero-order chi connectivity index (χ0) is 14.4. The highest BCUT2D eigenvalue weighted by Gasteiger charge is 2.43. The summed E-state index contributed by atoms with van der Waals surface area (Å²) in [5.41, 5.74) is 6.27. The molecule has 0 aromatic carbocycles. The number of fused-ring (bicyclic) bond motifs is 1. The summed E-state index contributed by atoms with van der Waals surface area (Å²) < 4.78 is 27.7. The summed E-state index contributed by atoms with van der Waals surface area (Å²) >= 11 is 0. The van der Waals surface area contributed by atoms with E-state index >= 15 is 0 Å². The molecule has 0 spiro atoms. The molecule has 0 radical (unpaired) electrons. The molecule has 4 unspecified atom stereocenters. The van der Waals surface area contributed by atoms with Crippen molar-refractivity contribution in [3.05, 3.63) is 12.0 Å². The van der Waals surface area contributed by atoms with E-state index in [1.807, 2.05) is 0 Å². The van der Waals surface area contributed by atoms with Gasteiger partial charge in [0.2, 0.25) is 0 Å². The molecule has 1 fully saturated rings. The van der Waals surface area contributed by atoms with E-state index in [0.717, 1.165) is 6.20 Å². The summed E-state index contributed by atoms with van der Waals surface area (Å²) in [5, 5.41) is 22.2. The van der Waals surface area contributed by atoms with Crippen molar-refractivity contribution >= 4 is 17.2 Å². The van der Waals surface area contributed by atoms with Gasteiger partial charge in [-0.2, -0.15) is 0 Å². The van der Waals surface area contributed by atoms with Gasteiger partial charge in [-0.05, 0) is 0 Å². The van der Waals surface area contributed by atoms with E-state index in [9.17, 15) is 19.0 Å². The molecule has 8 heteroatoms. The maximum absolute atomic E-state index is 13.9. The summed E-state index contributed by atoms with van der Waals surface area (Å²) in [6.45, 7) is 0.355. The standard InChI is InChI=1S/C12H16F2N4O2/c13-6-1-8(19)11(20)5(6)3-18-4-17-9-10(18)7(14)2-16-12(9)15/h2,5-6,8,11,17,19-20H,1,3-4H2,(H2,15,16). The molecular formula is C12H16F2N4O2. The van der Waals surface area contributed by atoms with E-state index in [2.05, 4.69) is 10.3 Å². The van der Waals surface area contributed by atoms with E-state index in [0.29, 0.717) is 5.69 Å². The van der Waals surface area contributed by atoms with Crippen LogP contribution in [0.15, 0.2) is 6.20 Å². The Morgan fingerprint density at radius 1 is 1.50 bits per heavy atom. The van der Waals surface area contributed by atoms with Crippen molar-refractivity contribution in [1.29, 1.82) is 0 Å². The first-order valence-electron chi connectivity index (χ1n) is 6.42. The van der Waals surface area contributed by atoms with Gasteiger partial charge in [0.05, 0.1) is 25.1 Å². The van der Waals surface area contributed by atoms with Gasteiger partial charge in [0.1, 0.15) is 23.4 Å². The Kier molecular flexibility index (Phi) is 3.14. The fourth-order valence-electron chi connectivity index (χ4n) is 2.91. The van der Waals surface area contributed by atoms with Gasteiger partial charge in [0, 0.05) is 18.9 Å². The summed E-state index contributed by atoms with van der Waals surface area (Å²) in [7, 11) is 0. The number of hydrogen-bond donors (Lipinski definition) is 4. The molecule has 1 aliphatic heterocycles. The van der Waals surface area contributed by atoms with Crippen LogP contribution in [0, 0.1) is 11.7 Å². The first-order valence-corrected chi connectivity index (χ1v) is 6.42. The lowest BCUT2D eigenvalue weighted by molar-refractivity contribution is 0.0200. The molecule has 1 aromatic rings. The van der Waals surface area contributed by atoms with Gasteiger partial charge >= 0.3 is 0 Å². The maximum atomic E-state index is 13.9. The van der Waals surface area contributed by atoms with E-state index in [4.69, 9.17) is 5.73 Å². The van der Waals surface area contributed by atoms with Crippen molar-refractivity contribution in [3.8, 4) is 0 Å². The van der Waals surface area contributed by atoms with Crippen LogP contribution >= 0.6 is 0 Å².